The molecular weight excluding hydrogens is 286 g/mol. The van der Waals surface area contributed by atoms with E-state index in [1.54, 1.807) is 6.92 Å². The van der Waals surface area contributed by atoms with Gasteiger partial charge in [0.2, 0.25) is 0 Å². The van der Waals surface area contributed by atoms with Crippen molar-refractivity contribution >= 4 is 21.4 Å². The van der Waals surface area contributed by atoms with Crippen LogP contribution in [0.15, 0.2) is 9.00 Å². The molecule has 1 aromatic rings. The van der Waals surface area contributed by atoms with Gasteiger partial charge in [0, 0.05) is 12.2 Å². The topological polar surface area (TPSA) is 91.1 Å². The monoisotopic (exact) mass is 305 g/mol. The first-order valence-corrected chi connectivity index (χ1v) is 8.52. The molecule has 19 heavy (non-hydrogen) atoms. The molecule has 0 aromatic carbocycles. The number of aromatic amines is 1. The molecule has 2 rings (SSSR count). The van der Waals surface area contributed by atoms with Gasteiger partial charge < -0.3 is 10.3 Å². The van der Waals surface area contributed by atoms with Crippen LogP contribution in [0.5, 0.6) is 0 Å². The lowest BCUT2D eigenvalue weighted by Gasteiger charge is -2.33. The minimum atomic E-state index is -3.59. The van der Waals surface area contributed by atoms with E-state index in [0.29, 0.717) is 12.2 Å². The molecule has 0 aliphatic carbocycles. The number of nitrogens with one attached hydrogen (secondary N) is 3. The molecule has 1 fully saturated rings. The van der Waals surface area contributed by atoms with E-state index in [2.05, 4.69) is 21.9 Å². The predicted octanol–water partition coefficient (Wildman–Crippen LogP) is 0.413. The van der Waals surface area contributed by atoms with Crippen molar-refractivity contribution in [1.82, 2.24) is 15.0 Å². The Bertz CT molecular complexity index is 597. The highest BCUT2D eigenvalue weighted by atomic mass is 32.2. The first-order chi connectivity index (χ1) is 8.82. The van der Waals surface area contributed by atoms with Gasteiger partial charge in [0.15, 0.2) is 4.21 Å². The maximum Gasteiger partial charge on any atom is 0.305 e. The molecule has 8 heteroatoms. The van der Waals surface area contributed by atoms with E-state index in [1.165, 1.54) is 0 Å². The van der Waals surface area contributed by atoms with Crippen LogP contribution in [0.1, 0.15) is 25.5 Å². The average Bonchev–Trinajstić information content (AvgIpc) is 2.68. The minimum Gasteiger partial charge on any atom is -0.317 e. The van der Waals surface area contributed by atoms with Gasteiger partial charge in [-0.3, -0.25) is 4.79 Å². The summed E-state index contributed by atoms with van der Waals surface area (Å²) in [5.41, 5.74) is 0.381. The third-order valence-electron chi connectivity index (χ3n) is 3.52. The van der Waals surface area contributed by atoms with Gasteiger partial charge in [-0.25, -0.2) is 13.1 Å². The lowest BCUT2D eigenvalue weighted by Crippen LogP contribution is -2.42. The molecule has 0 atom stereocenters. The fourth-order valence-corrected chi connectivity index (χ4v) is 4.73. The van der Waals surface area contributed by atoms with Gasteiger partial charge in [-0.05, 0) is 38.3 Å². The SMILES string of the molecule is Cc1[nH]c(=O)sc1S(=O)(=O)NCC1(C)CCNCC1. The molecule has 1 aliphatic heterocycles. The summed E-state index contributed by atoms with van der Waals surface area (Å²) in [5, 5.41) is 3.26. The molecule has 0 spiro atoms. The fraction of sp³-hybridized carbons (Fsp3) is 0.727. The van der Waals surface area contributed by atoms with Gasteiger partial charge in [0.1, 0.15) is 0 Å². The third-order valence-corrected chi connectivity index (χ3v) is 6.53. The van der Waals surface area contributed by atoms with Crippen LogP contribution < -0.4 is 14.9 Å². The number of aryl methyl sites for hydroxylation is 1. The van der Waals surface area contributed by atoms with E-state index < -0.39 is 10.0 Å². The Labute approximate surface area is 116 Å². The van der Waals surface area contributed by atoms with Gasteiger partial charge in [-0.15, -0.1) is 0 Å². The van der Waals surface area contributed by atoms with Crippen molar-refractivity contribution in [1.29, 1.82) is 0 Å². The van der Waals surface area contributed by atoms with Crippen LogP contribution in [-0.4, -0.2) is 33.0 Å². The maximum atomic E-state index is 12.2. The summed E-state index contributed by atoms with van der Waals surface area (Å²) < 4.78 is 27.1. The Balaban J connectivity index is 2.10. The van der Waals surface area contributed by atoms with Gasteiger partial charge in [-0.2, -0.15) is 0 Å². The van der Waals surface area contributed by atoms with E-state index >= 15 is 0 Å². The van der Waals surface area contributed by atoms with Crippen molar-refractivity contribution in [3.8, 4) is 0 Å². The number of sulfonamides is 1. The number of hydrogen-bond acceptors (Lipinski definition) is 5. The molecule has 6 nitrogen and oxygen atoms in total. The second-order valence-corrected chi connectivity index (χ2v) is 8.26. The molecule has 1 aromatic heterocycles. The highest BCUT2D eigenvalue weighted by molar-refractivity contribution is 7.91. The summed E-state index contributed by atoms with van der Waals surface area (Å²) in [4.78, 5) is 13.3. The Hall–Kier alpha value is -0.700. The molecule has 2 heterocycles. The van der Waals surface area contributed by atoms with Gasteiger partial charge >= 0.3 is 4.87 Å². The molecule has 108 valence electrons. The maximum absolute atomic E-state index is 12.2. The van der Waals surface area contributed by atoms with Crippen LogP contribution in [-0.2, 0) is 10.0 Å². The van der Waals surface area contributed by atoms with Crippen molar-refractivity contribution in [3.05, 3.63) is 15.4 Å². The number of aromatic nitrogens is 1. The molecule has 0 saturated carbocycles. The van der Waals surface area contributed by atoms with E-state index in [1.807, 2.05) is 0 Å². The van der Waals surface area contributed by atoms with Crippen LogP contribution in [0, 0.1) is 12.3 Å². The Morgan fingerprint density at radius 3 is 2.53 bits per heavy atom. The second kappa shape index (κ2) is 5.35. The summed E-state index contributed by atoms with van der Waals surface area (Å²) in [6.07, 6.45) is 1.88. The fourth-order valence-electron chi connectivity index (χ4n) is 2.19. The molecule has 0 amide bonds. The summed E-state index contributed by atoms with van der Waals surface area (Å²) in [5.74, 6) is 0. The van der Waals surface area contributed by atoms with E-state index in [0.717, 1.165) is 37.3 Å². The Kier molecular flexibility index (Phi) is 4.14. The molecule has 3 N–H and O–H groups in total. The zero-order valence-electron chi connectivity index (χ0n) is 11.1. The minimum absolute atomic E-state index is 0.0203. The molecule has 1 saturated heterocycles. The first-order valence-electron chi connectivity index (χ1n) is 6.23. The Morgan fingerprint density at radius 1 is 1.37 bits per heavy atom. The summed E-state index contributed by atoms with van der Waals surface area (Å²) >= 11 is 0.733. The lowest BCUT2D eigenvalue weighted by molar-refractivity contribution is 0.232. The van der Waals surface area contributed by atoms with Crippen molar-refractivity contribution in [2.45, 2.75) is 30.9 Å². The molecule has 1 aliphatic rings. The zero-order chi connectivity index (χ0) is 14.1. The van der Waals surface area contributed by atoms with Gasteiger partial charge in [0.25, 0.3) is 10.0 Å². The van der Waals surface area contributed by atoms with Crippen LogP contribution in [0.2, 0.25) is 0 Å². The molecule has 0 bridgehead atoms. The van der Waals surface area contributed by atoms with Gasteiger partial charge in [-0.1, -0.05) is 18.3 Å². The van der Waals surface area contributed by atoms with Crippen molar-refractivity contribution in [2.75, 3.05) is 19.6 Å². The molecule has 0 unspecified atom stereocenters. The zero-order valence-corrected chi connectivity index (χ0v) is 12.7. The lowest BCUT2D eigenvalue weighted by atomic mass is 9.81. The summed E-state index contributed by atoms with van der Waals surface area (Å²) in [7, 11) is -3.59. The van der Waals surface area contributed by atoms with Crippen LogP contribution in [0.3, 0.4) is 0 Å². The number of H-pyrrole nitrogens is 1. The van der Waals surface area contributed by atoms with Crippen LogP contribution in [0.25, 0.3) is 0 Å². The number of piperidine rings is 1. The number of hydrogen-bond donors (Lipinski definition) is 3. The first kappa shape index (κ1) is 14.7. The molecular formula is C11H19N3O3S2. The standard InChI is InChI=1S/C11H19N3O3S2/c1-8-9(18-10(15)14-8)19(16,17)13-7-11(2)3-5-12-6-4-11/h12-13H,3-7H2,1-2H3,(H,14,15). The quantitative estimate of drug-likeness (QED) is 0.751. The van der Waals surface area contributed by atoms with E-state index in [9.17, 15) is 13.2 Å². The normalized spacial score (nSPS) is 19.5. The molecule has 0 radical (unpaired) electrons. The predicted molar refractivity (Wildman–Crippen MR) is 75.1 cm³/mol. The van der Waals surface area contributed by atoms with Crippen LogP contribution >= 0.6 is 11.3 Å². The van der Waals surface area contributed by atoms with Gasteiger partial charge in [0.05, 0.1) is 0 Å². The average molecular weight is 305 g/mol. The van der Waals surface area contributed by atoms with Crippen LogP contribution in [0.4, 0.5) is 0 Å². The largest absolute Gasteiger partial charge is 0.317 e. The summed E-state index contributed by atoms with van der Waals surface area (Å²) in [6.45, 7) is 5.91. The highest BCUT2D eigenvalue weighted by Gasteiger charge is 2.29. The summed E-state index contributed by atoms with van der Waals surface area (Å²) in [6, 6.07) is 0. The highest BCUT2D eigenvalue weighted by Crippen LogP contribution is 2.27. The van der Waals surface area contributed by atoms with Crippen molar-refractivity contribution in [3.63, 3.8) is 0 Å². The Morgan fingerprint density at radius 2 is 2.00 bits per heavy atom. The smallest absolute Gasteiger partial charge is 0.305 e. The second-order valence-electron chi connectivity index (χ2n) is 5.31. The van der Waals surface area contributed by atoms with E-state index in [4.69, 9.17) is 0 Å². The number of thiazole rings is 1. The third kappa shape index (κ3) is 3.44. The number of rotatable bonds is 4. The van der Waals surface area contributed by atoms with Crippen molar-refractivity contribution < 1.29 is 8.42 Å². The van der Waals surface area contributed by atoms with Crippen molar-refractivity contribution in [2.24, 2.45) is 5.41 Å². The van der Waals surface area contributed by atoms with E-state index in [-0.39, 0.29) is 14.5 Å².